The van der Waals surface area contributed by atoms with Gasteiger partial charge in [-0.15, -0.1) is 0 Å². The molecule has 0 N–H and O–H groups in total. The minimum Gasteiger partial charge on any atom is -0.486 e. The molecular formula is C16H20O3. The zero-order valence-corrected chi connectivity index (χ0v) is 11.2. The van der Waals surface area contributed by atoms with Crippen molar-refractivity contribution in [1.82, 2.24) is 0 Å². The van der Waals surface area contributed by atoms with Crippen molar-refractivity contribution in [2.45, 2.75) is 38.5 Å². The molecule has 3 heteroatoms. The summed E-state index contributed by atoms with van der Waals surface area (Å²) in [5.41, 5.74) is 0.690. The molecular weight excluding hydrogens is 240 g/mol. The van der Waals surface area contributed by atoms with Crippen molar-refractivity contribution in [2.75, 3.05) is 13.2 Å². The molecule has 0 saturated heterocycles. The molecule has 0 radical (unpaired) electrons. The Morgan fingerprint density at radius 2 is 1.95 bits per heavy atom. The first-order chi connectivity index (χ1) is 9.34. The summed E-state index contributed by atoms with van der Waals surface area (Å²) in [4.78, 5) is 12.3. The zero-order chi connectivity index (χ0) is 13.1. The summed E-state index contributed by atoms with van der Waals surface area (Å²) in [6, 6.07) is 5.59. The molecule has 0 bridgehead atoms. The van der Waals surface area contributed by atoms with E-state index in [1.54, 1.807) is 0 Å². The van der Waals surface area contributed by atoms with E-state index in [1.165, 1.54) is 25.7 Å². The first kappa shape index (κ1) is 12.5. The number of benzene rings is 1. The zero-order valence-electron chi connectivity index (χ0n) is 11.2. The summed E-state index contributed by atoms with van der Waals surface area (Å²) >= 11 is 0. The van der Waals surface area contributed by atoms with Crippen molar-refractivity contribution < 1.29 is 14.3 Å². The van der Waals surface area contributed by atoms with E-state index in [0.717, 1.165) is 12.3 Å². The van der Waals surface area contributed by atoms with Gasteiger partial charge in [-0.3, -0.25) is 4.79 Å². The highest BCUT2D eigenvalue weighted by molar-refractivity contribution is 5.99. The highest BCUT2D eigenvalue weighted by atomic mass is 16.6. The van der Waals surface area contributed by atoms with Gasteiger partial charge in [0.15, 0.2) is 17.3 Å². The number of hydrogen-bond donors (Lipinski definition) is 0. The van der Waals surface area contributed by atoms with E-state index in [1.807, 2.05) is 18.2 Å². The van der Waals surface area contributed by atoms with Crippen LogP contribution >= 0.6 is 0 Å². The van der Waals surface area contributed by atoms with Crippen LogP contribution in [0.3, 0.4) is 0 Å². The normalized spacial score (nSPS) is 18.5. The maximum Gasteiger partial charge on any atom is 0.172 e. The third kappa shape index (κ3) is 2.75. The number of rotatable bonds is 4. The van der Waals surface area contributed by atoms with Crippen molar-refractivity contribution >= 4 is 5.78 Å². The second kappa shape index (κ2) is 5.64. The molecule has 1 aromatic rings. The van der Waals surface area contributed by atoms with E-state index in [0.29, 0.717) is 36.7 Å². The second-order valence-corrected chi connectivity index (χ2v) is 5.44. The van der Waals surface area contributed by atoms with Crippen molar-refractivity contribution in [3.63, 3.8) is 0 Å². The molecule has 3 nitrogen and oxygen atoms in total. The lowest BCUT2D eigenvalue weighted by atomic mass is 9.97. The van der Waals surface area contributed by atoms with Gasteiger partial charge in [0.25, 0.3) is 0 Å². The van der Waals surface area contributed by atoms with E-state index in [9.17, 15) is 4.79 Å². The number of hydrogen-bond acceptors (Lipinski definition) is 3. The van der Waals surface area contributed by atoms with Crippen LogP contribution in [0.1, 0.15) is 48.9 Å². The number of para-hydroxylation sites is 1. The summed E-state index contributed by atoms with van der Waals surface area (Å²) < 4.78 is 11.1. The lowest BCUT2D eigenvalue weighted by molar-refractivity contribution is 0.0963. The summed E-state index contributed by atoms with van der Waals surface area (Å²) in [6.45, 7) is 1.09. The van der Waals surface area contributed by atoms with Crippen LogP contribution in [0.4, 0.5) is 0 Å². The number of fused-ring (bicyclic) bond motifs is 1. The average molecular weight is 260 g/mol. The average Bonchev–Trinajstić information content (AvgIpc) is 2.97. The predicted octanol–water partition coefficient (Wildman–Crippen LogP) is 3.61. The highest BCUT2D eigenvalue weighted by Crippen LogP contribution is 2.35. The third-order valence-electron chi connectivity index (χ3n) is 4.12. The Morgan fingerprint density at radius 3 is 2.79 bits per heavy atom. The Morgan fingerprint density at radius 1 is 1.16 bits per heavy atom. The summed E-state index contributed by atoms with van der Waals surface area (Å²) in [7, 11) is 0. The molecule has 1 aromatic carbocycles. The number of ether oxygens (including phenoxy) is 2. The number of ketones is 1. The molecule has 1 saturated carbocycles. The first-order valence-electron chi connectivity index (χ1n) is 7.26. The molecule has 1 aliphatic carbocycles. The largest absolute Gasteiger partial charge is 0.486 e. The number of carbonyl (C=O) groups excluding carboxylic acids is 1. The van der Waals surface area contributed by atoms with E-state index >= 15 is 0 Å². The molecule has 0 unspecified atom stereocenters. The van der Waals surface area contributed by atoms with Crippen LogP contribution in [-0.4, -0.2) is 19.0 Å². The first-order valence-corrected chi connectivity index (χ1v) is 7.26. The minimum absolute atomic E-state index is 0.189. The Labute approximate surface area is 113 Å². The van der Waals surface area contributed by atoms with Crippen LogP contribution in [0, 0.1) is 5.92 Å². The van der Waals surface area contributed by atoms with Gasteiger partial charge in [-0.05, 0) is 24.5 Å². The van der Waals surface area contributed by atoms with Gasteiger partial charge in [-0.25, -0.2) is 0 Å². The van der Waals surface area contributed by atoms with Gasteiger partial charge in [-0.2, -0.15) is 0 Å². The Hall–Kier alpha value is -1.51. The Bertz CT molecular complexity index is 461. The van der Waals surface area contributed by atoms with Crippen LogP contribution in [0.2, 0.25) is 0 Å². The maximum absolute atomic E-state index is 12.3. The molecule has 1 fully saturated rings. The molecule has 0 spiro atoms. The monoisotopic (exact) mass is 260 g/mol. The fourth-order valence-electron chi connectivity index (χ4n) is 3.06. The van der Waals surface area contributed by atoms with Gasteiger partial charge >= 0.3 is 0 Å². The van der Waals surface area contributed by atoms with E-state index in [4.69, 9.17) is 9.47 Å². The smallest absolute Gasteiger partial charge is 0.172 e. The van der Waals surface area contributed by atoms with Gasteiger partial charge in [0.2, 0.25) is 0 Å². The Kier molecular flexibility index (Phi) is 3.72. The third-order valence-corrected chi connectivity index (χ3v) is 4.12. The maximum atomic E-state index is 12.3. The second-order valence-electron chi connectivity index (χ2n) is 5.44. The summed E-state index contributed by atoms with van der Waals surface area (Å²) in [6.07, 6.45) is 6.89. The van der Waals surface area contributed by atoms with Crippen LogP contribution in [-0.2, 0) is 0 Å². The molecule has 1 heterocycles. The SMILES string of the molecule is O=C(CCC1CCCC1)c1cccc2c1OCCO2. The number of carbonyl (C=O) groups is 1. The molecule has 102 valence electrons. The van der Waals surface area contributed by atoms with Gasteiger partial charge in [-0.1, -0.05) is 31.7 Å². The van der Waals surface area contributed by atoms with Crippen molar-refractivity contribution in [3.8, 4) is 11.5 Å². The van der Waals surface area contributed by atoms with Gasteiger partial charge < -0.3 is 9.47 Å². The van der Waals surface area contributed by atoms with Crippen LogP contribution < -0.4 is 9.47 Å². The van der Waals surface area contributed by atoms with Gasteiger partial charge in [0.05, 0.1) is 5.56 Å². The summed E-state index contributed by atoms with van der Waals surface area (Å²) in [5, 5.41) is 0. The molecule has 0 aromatic heterocycles. The molecule has 3 rings (SSSR count). The van der Waals surface area contributed by atoms with Crippen LogP contribution in [0.25, 0.3) is 0 Å². The van der Waals surface area contributed by atoms with E-state index < -0.39 is 0 Å². The molecule has 0 amide bonds. The molecule has 19 heavy (non-hydrogen) atoms. The minimum atomic E-state index is 0.189. The fourth-order valence-corrected chi connectivity index (χ4v) is 3.06. The molecule has 1 aliphatic heterocycles. The fraction of sp³-hybridized carbons (Fsp3) is 0.562. The van der Waals surface area contributed by atoms with Crippen LogP contribution in [0.5, 0.6) is 11.5 Å². The predicted molar refractivity (Wildman–Crippen MR) is 73.0 cm³/mol. The van der Waals surface area contributed by atoms with E-state index in [-0.39, 0.29) is 5.78 Å². The van der Waals surface area contributed by atoms with Gasteiger partial charge in [0, 0.05) is 6.42 Å². The van der Waals surface area contributed by atoms with Crippen molar-refractivity contribution in [3.05, 3.63) is 23.8 Å². The lowest BCUT2D eigenvalue weighted by Crippen LogP contribution is -2.18. The number of Topliss-reactive ketones (excluding diaryl/α,β-unsaturated/α-hetero) is 1. The quantitative estimate of drug-likeness (QED) is 0.776. The topological polar surface area (TPSA) is 35.5 Å². The van der Waals surface area contributed by atoms with Crippen molar-refractivity contribution in [2.24, 2.45) is 5.92 Å². The lowest BCUT2D eigenvalue weighted by Gasteiger charge is -2.20. The standard InChI is InChI=1S/C16H20O3/c17-14(9-8-12-4-1-2-5-12)13-6-3-7-15-16(13)19-11-10-18-15/h3,6-7,12H,1-2,4-5,8-11H2. The van der Waals surface area contributed by atoms with E-state index in [2.05, 4.69) is 0 Å². The molecule has 2 aliphatic rings. The van der Waals surface area contributed by atoms with Crippen LogP contribution in [0.15, 0.2) is 18.2 Å². The molecule has 0 atom stereocenters. The van der Waals surface area contributed by atoms with Gasteiger partial charge in [0.1, 0.15) is 13.2 Å². The van der Waals surface area contributed by atoms with Crippen molar-refractivity contribution in [1.29, 1.82) is 0 Å². The summed E-state index contributed by atoms with van der Waals surface area (Å²) in [5.74, 6) is 2.29. The Balaban J connectivity index is 1.68. The highest BCUT2D eigenvalue weighted by Gasteiger charge is 2.22.